The molecule has 0 aliphatic heterocycles. The largest absolute Gasteiger partial charge is 0.434 e. The Hall–Kier alpha value is -2.18. The van der Waals surface area contributed by atoms with Crippen LogP contribution in [0.4, 0.5) is 8.78 Å². The average Bonchev–Trinajstić information content (AvgIpc) is 2.59. The zero-order chi connectivity index (χ0) is 18.4. The second kappa shape index (κ2) is 10.1. The van der Waals surface area contributed by atoms with Crippen molar-refractivity contribution >= 4 is 18.3 Å². The molecule has 0 fully saturated rings. The third kappa shape index (κ3) is 5.97. The van der Waals surface area contributed by atoms with Crippen LogP contribution >= 0.6 is 12.4 Å². The second-order valence-electron chi connectivity index (χ2n) is 6.01. The van der Waals surface area contributed by atoms with Crippen LogP contribution in [0.3, 0.4) is 0 Å². The monoisotopic (exact) mass is 384 g/mol. The van der Waals surface area contributed by atoms with Gasteiger partial charge in [-0.25, -0.2) is 0 Å². The Labute approximate surface area is 158 Å². The molecule has 2 rings (SSSR count). The van der Waals surface area contributed by atoms with Gasteiger partial charge < -0.3 is 15.8 Å². The Morgan fingerprint density at radius 2 is 1.65 bits per heavy atom. The molecule has 2 aromatic rings. The van der Waals surface area contributed by atoms with Gasteiger partial charge in [0.15, 0.2) is 0 Å². The van der Waals surface area contributed by atoms with Crippen LogP contribution in [0.15, 0.2) is 48.5 Å². The van der Waals surface area contributed by atoms with E-state index in [-0.39, 0.29) is 30.3 Å². The number of nitrogens with two attached hydrogens (primary N) is 1. The Morgan fingerprint density at radius 1 is 1.08 bits per heavy atom. The van der Waals surface area contributed by atoms with E-state index >= 15 is 0 Å². The highest BCUT2D eigenvalue weighted by molar-refractivity contribution is 5.96. The van der Waals surface area contributed by atoms with Gasteiger partial charge in [0.2, 0.25) is 0 Å². The standard InChI is InChI=1S/C19H22F2N2O2.ClH/c1-12(2)13-7-9-14(10-8-13)16(22)11-23-18(24)15-5-3-4-6-17(15)25-19(20)21;/h3-10,12,16,19H,11,22H2,1-2H3,(H,23,24);1H. The van der Waals surface area contributed by atoms with E-state index in [2.05, 4.69) is 23.9 Å². The number of ether oxygens (including phenoxy) is 1. The minimum Gasteiger partial charge on any atom is -0.434 e. The van der Waals surface area contributed by atoms with Gasteiger partial charge in [0, 0.05) is 12.6 Å². The van der Waals surface area contributed by atoms with Crippen LogP contribution in [0.25, 0.3) is 0 Å². The number of nitrogens with one attached hydrogen (secondary N) is 1. The number of hydrogen-bond acceptors (Lipinski definition) is 3. The molecule has 26 heavy (non-hydrogen) atoms. The van der Waals surface area contributed by atoms with Gasteiger partial charge in [-0.1, -0.05) is 50.2 Å². The molecule has 3 N–H and O–H groups in total. The highest BCUT2D eigenvalue weighted by atomic mass is 35.5. The molecule has 142 valence electrons. The number of para-hydroxylation sites is 1. The number of rotatable bonds is 7. The van der Waals surface area contributed by atoms with Crippen molar-refractivity contribution in [2.45, 2.75) is 32.4 Å². The summed E-state index contributed by atoms with van der Waals surface area (Å²) in [6.45, 7) is 1.40. The van der Waals surface area contributed by atoms with Crippen LogP contribution in [0.1, 0.15) is 47.3 Å². The number of hydrogen-bond donors (Lipinski definition) is 2. The summed E-state index contributed by atoms with van der Waals surface area (Å²) in [6.07, 6.45) is 0. The van der Waals surface area contributed by atoms with Gasteiger partial charge in [-0.3, -0.25) is 4.79 Å². The van der Waals surface area contributed by atoms with E-state index in [4.69, 9.17) is 5.73 Å². The van der Waals surface area contributed by atoms with E-state index < -0.39 is 18.6 Å². The molecule has 2 aromatic carbocycles. The molecule has 0 spiro atoms. The summed E-state index contributed by atoms with van der Waals surface area (Å²) in [5, 5.41) is 2.66. The summed E-state index contributed by atoms with van der Waals surface area (Å²) in [5.41, 5.74) is 8.24. The second-order valence-corrected chi connectivity index (χ2v) is 6.01. The summed E-state index contributed by atoms with van der Waals surface area (Å²) in [6, 6.07) is 13.3. The van der Waals surface area contributed by atoms with Crippen LogP contribution in [-0.4, -0.2) is 19.1 Å². The van der Waals surface area contributed by atoms with Crippen LogP contribution in [-0.2, 0) is 0 Å². The number of halogens is 3. The first-order valence-electron chi connectivity index (χ1n) is 8.06. The number of amides is 1. The van der Waals surface area contributed by atoms with Gasteiger partial charge in [0.1, 0.15) is 5.75 Å². The van der Waals surface area contributed by atoms with Crippen molar-refractivity contribution in [2.24, 2.45) is 5.73 Å². The van der Waals surface area contributed by atoms with E-state index in [1.807, 2.05) is 24.3 Å². The van der Waals surface area contributed by atoms with E-state index in [9.17, 15) is 13.6 Å². The van der Waals surface area contributed by atoms with Gasteiger partial charge in [-0.2, -0.15) is 8.78 Å². The zero-order valence-corrected chi connectivity index (χ0v) is 15.4. The molecule has 0 aromatic heterocycles. The normalized spacial score (nSPS) is 11.8. The van der Waals surface area contributed by atoms with E-state index in [1.54, 1.807) is 6.07 Å². The maximum absolute atomic E-state index is 12.4. The average molecular weight is 385 g/mol. The quantitative estimate of drug-likeness (QED) is 0.749. The summed E-state index contributed by atoms with van der Waals surface area (Å²) in [4.78, 5) is 12.2. The minimum atomic E-state index is -2.99. The van der Waals surface area contributed by atoms with Gasteiger partial charge in [-0.05, 0) is 29.2 Å². The van der Waals surface area contributed by atoms with Crippen LogP contribution < -0.4 is 15.8 Å². The lowest BCUT2D eigenvalue weighted by Gasteiger charge is -2.15. The summed E-state index contributed by atoms with van der Waals surface area (Å²) in [7, 11) is 0. The molecule has 0 bridgehead atoms. The van der Waals surface area contributed by atoms with Crippen molar-refractivity contribution in [3.8, 4) is 5.75 Å². The number of alkyl halides is 2. The first-order chi connectivity index (χ1) is 11.9. The third-order valence-corrected chi connectivity index (χ3v) is 3.86. The van der Waals surface area contributed by atoms with E-state index in [0.29, 0.717) is 5.92 Å². The summed E-state index contributed by atoms with van der Waals surface area (Å²) < 4.78 is 29.2. The highest BCUT2D eigenvalue weighted by Gasteiger charge is 2.16. The fourth-order valence-corrected chi connectivity index (χ4v) is 2.40. The maximum Gasteiger partial charge on any atom is 0.387 e. The molecule has 1 unspecified atom stereocenters. The number of carbonyl (C=O) groups is 1. The molecule has 0 saturated heterocycles. The maximum atomic E-state index is 12.4. The fraction of sp³-hybridized carbons (Fsp3) is 0.316. The molecule has 4 nitrogen and oxygen atoms in total. The molecule has 0 saturated carbocycles. The number of carbonyl (C=O) groups excluding carboxylic acids is 1. The minimum absolute atomic E-state index is 0. The Morgan fingerprint density at radius 3 is 2.23 bits per heavy atom. The molecule has 7 heteroatoms. The predicted octanol–water partition coefficient (Wildman–Crippen LogP) is 4.26. The molecule has 1 atom stereocenters. The van der Waals surface area contributed by atoms with Crippen molar-refractivity contribution in [1.82, 2.24) is 5.32 Å². The van der Waals surface area contributed by atoms with Gasteiger partial charge in [0.25, 0.3) is 5.91 Å². The fourth-order valence-electron chi connectivity index (χ4n) is 2.40. The third-order valence-electron chi connectivity index (χ3n) is 3.86. The molecule has 0 heterocycles. The zero-order valence-electron chi connectivity index (χ0n) is 14.6. The molecular weight excluding hydrogens is 362 g/mol. The molecular formula is C19H23ClF2N2O2. The number of benzene rings is 2. The first kappa shape index (κ1) is 21.9. The van der Waals surface area contributed by atoms with Crippen molar-refractivity contribution in [1.29, 1.82) is 0 Å². The molecule has 0 aliphatic rings. The van der Waals surface area contributed by atoms with Crippen molar-refractivity contribution in [3.05, 3.63) is 65.2 Å². The topological polar surface area (TPSA) is 64.3 Å². The summed E-state index contributed by atoms with van der Waals surface area (Å²) >= 11 is 0. The Bertz CT molecular complexity index is 709. The lowest BCUT2D eigenvalue weighted by molar-refractivity contribution is -0.0501. The van der Waals surface area contributed by atoms with Crippen molar-refractivity contribution in [3.63, 3.8) is 0 Å². The molecule has 1 amide bonds. The Kier molecular flexibility index (Phi) is 8.48. The van der Waals surface area contributed by atoms with Gasteiger partial charge >= 0.3 is 6.61 Å². The van der Waals surface area contributed by atoms with Crippen LogP contribution in [0.5, 0.6) is 5.75 Å². The van der Waals surface area contributed by atoms with Crippen molar-refractivity contribution < 1.29 is 18.3 Å². The summed E-state index contributed by atoms with van der Waals surface area (Å²) in [5.74, 6) is -0.244. The Balaban J connectivity index is 0.00000338. The van der Waals surface area contributed by atoms with E-state index in [1.165, 1.54) is 23.8 Å². The lowest BCUT2D eigenvalue weighted by atomic mass is 9.99. The molecule has 0 radical (unpaired) electrons. The first-order valence-corrected chi connectivity index (χ1v) is 8.06. The van der Waals surface area contributed by atoms with Gasteiger partial charge in [-0.15, -0.1) is 12.4 Å². The predicted molar refractivity (Wildman–Crippen MR) is 100 cm³/mol. The van der Waals surface area contributed by atoms with Crippen molar-refractivity contribution in [2.75, 3.05) is 6.54 Å². The SMILES string of the molecule is CC(C)c1ccc(C(N)CNC(=O)c2ccccc2OC(F)F)cc1.Cl. The highest BCUT2D eigenvalue weighted by Crippen LogP contribution is 2.21. The smallest absolute Gasteiger partial charge is 0.387 e. The van der Waals surface area contributed by atoms with E-state index in [0.717, 1.165) is 5.56 Å². The lowest BCUT2D eigenvalue weighted by Crippen LogP contribution is -2.32. The van der Waals surface area contributed by atoms with Crippen LogP contribution in [0.2, 0.25) is 0 Å². The van der Waals surface area contributed by atoms with Gasteiger partial charge in [0.05, 0.1) is 5.56 Å². The van der Waals surface area contributed by atoms with Crippen LogP contribution in [0, 0.1) is 0 Å². The molecule has 0 aliphatic carbocycles.